The second kappa shape index (κ2) is 4.96. The summed E-state index contributed by atoms with van der Waals surface area (Å²) < 4.78 is 2.33. The van der Waals surface area contributed by atoms with Crippen LogP contribution in [0.5, 0.6) is 0 Å². The molecule has 2 heterocycles. The highest BCUT2D eigenvalue weighted by Crippen LogP contribution is 2.31. The van der Waals surface area contributed by atoms with Gasteiger partial charge in [0.15, 0.2) is 0 Å². The number of fused-ring (bicyclic) bond motifs is 3. The molecule has 0 saturated carbocycles. The van der Waals surface area contributed by atoms with Gasteiger partial charge in [0.1, 0.15) is 0 Å². The third-order valence-electron chi connectivity index (χ3n) is 4.26. The van der Waals surface area contributed by atoms with Crippen LogP contribution in [0.2, 0.25) is 0 Å². The van der Waals surface area contributed by atoms with Crippen LogP contribution >= 0.6 is 0 Å². The molecule has 110 valence electrons. The molecule has 1 atom stereocenters. The predicted molar refractivity (Wildman–Crippen MR) is 84.9 cm³/mol. The number of hydrogen-bond donors (Lipinski definition) is 1. The van der Waals surface area contributed by atoms with Crippen LogP contribution in [0, 0.1) is 10.1 Å². The summed E-state index contributed by atoms with van der Waals surface area (Å²) in [6.07, 6.45) is 0. The molecule has 1 unspecified atom stereocenters. The summed E-state index contributed by atoms with van der Waals surface area (Å²) in [6, 6.07) is 17.4. The SMILES string of the molecule is O=[N+]([O-])c1ccc(C2NCCn3c2cc2ccccc23)cc1. The summed E-state index contributed by atoms with van der Waals surface area (Å²) >= 11 is 0. The van der Waals surface area contributed by atoms with Crippen LogP contribution in [0.1, 0.15) is 17.3 Å². The van der Waals surface area contributed by atoms with Crippen LogP contribution in [0.3, 0.4) is 0 Å². The second-order valence-electron chi connectivity index (χ2n) is 5.52. The van der Waals surface area contributed by atoms with Gasteiger partial charge in [0.25, 0.3) is 5.69 Å². The van der Waals surface area contributed by atoms with Gasteiger partial charge in [-0.25, -0.2) is 0 Å². The Morgan fingerprint density at radius 3 is 2.68 bits per heavy atom. The molecular weight excluding hydrogens is 278 g/mol. The number of benzene rings is 2. The molecule has 0 amide bonds. The number of rotatable bonds is 2. The van der Waals surface area contributed by atoms with Gasteiger partial charge in [-0.15, -0.1) is 0 Å². The van der Waals surface area contributed by atoms with E-state index in [9.17, 15) is 10.1 Å². The number of aromatic nitrogens is 1. The van der Waals surface area contributed by atoms with Gasteiger partial charge < -0.3 is 9.88 Å². The van der Waals surface area contributed by atoms with E-state index in [0.717, 1.165) is 18.7 Å². The molecule has 0 saturated heterocycles. The van der Waals surface area contributed by atoms with E-state index in [-0.39, 0.29) is 16.7 Å². The van der Waals surface area contributed by atoms with Gasteiger partial charge in [0, 0.05) is 36.4 Å². The Morgan fingerprint density at radius 1 is 1.14 bits per heavy atom. The molecule has 3 aromatic rings. The lowest BCUT2D eigenvalue weighted by Crippen LogP contribution is -2.33. The highest BCUT2D eigenvalue weighted by atomic mass is 16.6. The molecule has 0 radical (unpaired) electrons. The minimum absolute atomic E-state index is 0.0713. The number of hydrogen-bond acceptors (Lipinski definition) is 3. The van der Waals surface area contributed by atoms with Crippen molar-refractivity contribution in [2.45, 2.75) is 12.6 Å². The van der Waals surface area contributed by atoms with Gasteiger partial charge in [-0.1, -0.05) is 30.3 Å². The standard InChI is InChI=1S/C17H15N3O2/c21-20(22)14-7-5-12(6-8-14)17-16-11-13-3-1-2-4-15(13)19(16)10-9-18-17/h1-8,11,17-18H,9-10H2. The number of para-hydroxylation sites is 1. The molecule has 0 aliphatic carbocycles. The minimum Gasteiger partial charge on any atom is -0.341 e. The van der Waals surface area contributed by atoms with Crippen molar-refractivity contribution in [2.75, 3.05) is 6.54 Å². The van der Waals surface area contributed by atoms with Gasteiger partial charge >= 0.3 is 0 Å². The average Bonchev–Trinajstić information content (AvgIpc) is 2.93. The topological polar surface area (TPSA) is 60.1 Å². The van der Waals surface area contributed by atoms with Crippen molar-refractivity contribution in [3.8, 4) is 0 Å². The molecule has 4 rings (SSSR count). The van der Waals surface area contributed by atoms with Crippen molar-refractivity contribution in [2.24, 2.45) is 0 Å². The molecule has 22 heavy (non-hydrogen) atoms. The summed E-state index contributed by atoms with van der Waals surface area (Å²) in [4.78, 5) is 10.4. The number of nitro benzene ring substituents is 1. The van der Waals surface area contributed by atoms with E-state index >= 15 is 0 Å². The summed E-state index contributed by atoms with van der Waals surface area (Å²) in [5.41, 5.74) is 3.63. The van der Waals surface area contributed by atoms with Gasteiger partial charge in [-0.3, -0.25) is 10.1 Å². The van der Waals surface area contributed by atoms with Crippen molar-refractivity contribution in [3.63, 3.8) is 0 Å². The maximum absolute atomic E-state index is 10.8. The zero-order chi connectivity index (χ0) is 15.1. The van der Waals surface area contributed by atoms with Crippen molar-refractivity contribution in [1.82, 2.24) is 9.88 Å². The first-order valence-corrected chi connectivity index (χ1v) is 7.30. The van der Waals surface area contributed by atoms with Crippen LogP contribution in [0.25, 0.3) is 10.9 Å². The lowest BCUT2D eigenvalue weighted by atomic mass is 10.0. The number of nitrogens with zero attached hydrogens (tertiary/aromatic N) is 2. The summed E-state index contributed by atoms with van der Waals surface area (Å²) in [6.45, 7) is 1.82. The number of nitro groups is 1. The first-order valence-electron chi connectivity index (χ1n) is 7.30. The van der Waals surface area contributed by atoms with Gasteiger partial charge in [0.05, 0.1) is 11.0 Å². The van der Waals surface area contributed by atoms with Crippen LogP contribution in [0.15, 0.2) is 54.6 Å². The van der Waals surface area contributed by atoms with Crippen molar-refractivity contribution >= 4 is 16.6 Å². The average molecular weight is 293 g/mol. The maximum atomic E-state index is 10.8. The maximum Gasteiger partial charge on any atom is 0.269 e. The molecule has 0 bridgehead atoms. The van der Waals surface area contributed by atoms with E-state index < -0.39 is 0 Å². The van der Waals surface area contributed by atoms with E-state index in [2.05, 4.69) is 34.1 Å². The fourth-order valence-corrected chi connectivity index (χ4v) is 3.22. The van der Waals surface area contributed by atoms with Gasteiger partial charge in [-0.05, 0) is 23.1 Å². The third kappa shape index (κ3) is 1.98. The van der Waals surface area contributed by atoms with Crippen LogP contribution in [-0.4, -0.2) is 16.0 Å². The Hall–Kier alpha value is -2.66. The molecule has 0 spiro atoms. The van der Waals surface area contributed by atoms with E-state index in [1.807, 2.05) is 18.2 Å². The lowest BCUT2D eigenvalue weighted by molar-refractivity contribution is -0.384. The second-order valence-corrected chi connectivity index (χ2v) is 5.52. The molecule has 1 aliphatic rings. The molecule has 5 nitrogen and oxygen atoms in total. The summed E-state index contributed by atoms with van der Waals surface area (Å²) in [7, 11) is 0. The number of non-ortho nitro benzene ring substituents is 1. The molecule has 1 aliphatic heterocycles. The Bertz CT molecular complexity index is 852. The van der Waals surface area contributed by atoms with Crippen LogP contribution in [0.4, 0.5) is 5.69 Å². The normalized spacial score (nSPS) is 17.4. The van der Waals surface area contributed by atoms with E-state index in [1.54, 1.807) is 12.1 Å². The van der Waals surface area contributed by atoms with Gasteiger partial charge in [-0.2, -0.15) is 0 Å². The number of nitrogens with one attached hydrogen (secondary N) is 1. The van der Waals surface area contributed by atoms with Gasteiger partial charge in [0.2, 0.25) is 0 Å². The quantitative estimate of drug-likeness (QED) is 0.583. The van der Waals surface area contributed by atoms with Crippen molar-refractivity contribution < 1.29 is 4.92 Å². The fourth-order valence-electron chi connectivity index (χ4n) is 3.22. The zero-order valence-corrected chi connectivity index (χ0v) is 11.9. The largest absolute Gasteiger partial charge is 0.341 e. The monoisotopic (exact) mass is 293 g/mol. The minimum atomic E-state index is -0.366. The van der Waals surface area contributed by atoms with Crippen LogP contribution < -0.4 is 5.32 Å². The van der Waals surface area contributed by atoms with E-state index in [1.165, 1.54) is 16.6 Å². The Kier molecular flexibility index (Phi) is 2.94. The molecule has 1 N–H and O–H groups in total. The molecule has 2 aromatic carbocycles. The third-order valence-corrected chi connectivity index (χ3v) is 4.26. The summed E-state index contributed by atoms with van der Waals surface area (Å²) in [5.74, 6) is 0. The predicted octanol–water partition coefficient (Wildman–Crippen LogP) is 3.24. The lowest BCUT2D eigenvalue weighted by Gasteiger charge is -2.27. The first-order chi connectivity index (χ1) is 10.7. The molecular formula is C17H15N3O2. The smallest absolute Gasteiger partial charge is 0.269 e. The molecule has 1 aromatic heterocycles. The highest BCUT2D eigenvalue weighted by molar-refractivity contribution is 5.81. The zero-order valence-electron chi connectivity index (χ0n) is 11.9. The highest BCUT2D eigenvalue weighted by Gasteiger charge is 2.23. The fraction of sp³-hybridized carbons (Fsp3) is 0.176. The van der Waals surface area contributed by atoms with E-state index in [0.29, 0.717) is 0 Å². The van der Waals surface area contributed by atoms with Crippen molar-refractivity contribution in [3.05, 3.63) is 76.0 Å². The Balaban J connectivity index is 1.80. The first kappa shape index (κ1) is 13.0. The van der Waals surface area contributed by atoms with Crippen molar-refractivity contribution in [1.29, 1.82) is 0 Å². The Morgan fingerprint density at radius 2 is 1.91 bits per heavy atom. The Labute approximate surface area is 127 Å². The van der Waals surface area contributed by atoms with Crippen LogP contribution in [-0.2, 0) is 6.54 Å². The molecule has 5 heteroatoms. The molecule has 0 fully saturated rings. The summed E-state index contributed by atoms with van der Waals surface area (Å²) in [5, 5.41) is 15.5. The van der Waals surface area contributed by atoms with E-state index in [4.69, 9.17) is 0 Å².